The highest BCUT2D eigenvalue weighted by Gasteiger charge is 2.19. The lowest BCUT2D eigenvalue weighted by molar-refractivity contribution is -0.118. The van der Waals surface area contributed by atoms with Crippen molar-refractivity contribution in [2.24, 2.45) is 7.05 Å². The largest absolute Gasteiger partial charge is 0.351 e. The lowest BCUT2D eigenvalue weighted by Gasteiger charge is -2.14. The van der Waals surface area contributed by atoms with Crippen molar-refractivity contribution in [1.82, 2.24) is 25.4 Å². The molecule has 0 bridgehead atoms. The van der Waals surface area contributed by atoms with E-state index in [1.165, 1.54) is 17.8 Å². The summed E-state index contributed by atoms with van der Waals surface area (Å²) in [5, 5.41) is 15.3. The van der Waals surface area contributed by atoms with Crippen molar-refractivity contribution in [3.05, 3.63) is 75.5 Å². The van der Waals surface area contributed by atoms with Gasteiger partial charge in [0.2, 0.25) is 5.91 Å². The first-order valence-electron chi connectivity index (χ1n) is 9.43. The minimum atomic E-state index is -0.402. The average molecular weight is 478 g/mol. The molecular formula is C21H21Cl2N5O2S. The monoisotopic (exact) mass is 477 g/mol. The maximum Gasteiger partial charge on any atom is 0.251 e. The third kappa shape index (κ3) is 6.22. The number of carbonyl (C=O) groups excluding carboxylic acids is 2. The molecule has 7 nitrogen and oxygen atoms in total. The fourth-order valence-electron chi connectivity index (χ4n) is 2.79. The van der Waals surface area contributed by atoms with Crippen molar-refractivity contribution >= 4 is 46.8 Å². The summed E-state index contributed by atoms with van der Waals surface area (Å²) >= 11 is 13.2. The van der Waals surface area contributed by atoms with Gasteiger partial charge in [0, 0.05) is 19.2 Å². The van der Waals surface area contributed by atoms with Crippen molar-refractivity contribution in [1.29, 1.82) is 0 Å². The summed E-state index contributed by atoms with van der Waals surface area (Å²) in [5.74, 6) is 0.381. The van der Waals surface area contributed by atoms with Gasteiger partial charge in [0.15, 0.2) is 11.0 Å². The number of hydrogen-bond donors (Lipinski definition) is 2. The van der Waals surface area contributed by atoms with Crippen LogP contribution in [0, 0.1) is 0 Å². The molecule has 0 fully saturated rings. The molecule has 0 aliphatic rings. The van der Waals surface area contributed by atoms with E-state index in [1.54, 1.807) is 30.7 Å². The molecule has 1 atom stereocenters. The van der Waals surface area contributed by atoms with Gasteiger partial charge in [-0.1, -0.05) is 65.3 Å². The third-order valence-corrected chi connectivity index (χ3v) is 6.21. The number of halogens is 2. The fraction of sp³-hybridized carbons (Fsp3) is 0.238. The number of benzene rings is 2. The summed E-state index contributed by atoms with van der Waals surface area (Å²) in [6, 6.07) is 14.0. The van der Waals surface area contributed by atoms with Gasteiger partial charge in [0.05, 0.1) is 21.8 Å². The van der Waals surface area contributed by atoms with Gasteiger partial charge in [-0.05, 0) is 30.7 Å². The van der Waals surface area contributed by atoms with Gasteiger partial charge >= 0.3 is 0 Å². The van der Waals surface area contributed by atoms with E-state index < -0.39 is 6.04 Å². The predicted molar refractivity (Wildman–Crippen MR) is 122 cm³/mol. The van der Waals surface area contributed by atoms with Gasteiger partial charge in [-0.15, -0.1) is 10.2 Å². The van der Waals surface area contributed by atoms with Gasteiger partial charge in [0.25, 0.3) is 5.91 Å². The number of thioether (sulfide) groups is 1. The van der Waals surface area contributed by atoms with Crippen molar-refractivity contribution in [2.75, 3.05) is 5.75 Å². The molecule has 0 saturated heterocycles. The standard InChI is InChI=1S/C21H21Cl2N5O2S/c1-13(25-20(30)15-8-9-16(22)17(23)10-15)19-26-27-21(28(19)2)31-12-18(29)24-11-14-6-4-3-5-7-14/h3-10,13H,11-12H2,1-2H3,(H,24,29)(H,25,30)/t13-/m0/s1. The molecule has 1 aromatic heterocycles. The highest BCUT2D eigenvalue weighted by atomic mass is 35.5. The molecule has 0 saturated carbocycles. The number of aromatic nitrogens is 3. The number of nitrogens with one attached hydrogen (secondary N) is 2. The van der Waals surface area contributed by atoms with Crippen LogP contribution in [0.15, 0.2) is 53.7 Å². The third-order valence-electron chi connectivity index (χ3n) is 4.45. The quantitative estimate of drug-likeness (QED) is 0.478. The molecule has 0 spiro atoms. The molecule has 1 heterocycles. The van der Waals surface area contributed by atoms with E-state index in [0.29, 0.717) is 33.1 Å². The number of hydrogen-bond acceptors (Lipinski definition) is 5. The van der Waals surface area contributed by atoms with Gasteiger partial charge in [-0.3, -0.25) is 9.59 Å². The van der Waals surface area contributed by atoms with E-state index >= 15 is 0 Å². The molecule has 2 N–H and O–H groups in total. The summed E-state index contributed by atoms with van der Waals surface area (Å²) in [4.78, 5) is 24.6. The van der Waals surface area contributed by atoms with Gasteiger partial charge in [0.1, 0.15) is 0 Å². The minimum absolute atomic E-state index is 0.0978. The smallest absolute Gasteiger partial charge is 0.251 e. The lowest BCUT2D eigenvalue weighted by Crippen LogP contribution is -2.28. The lowest BCUT2D eigenvalue weighted by atomic mass is 10.2. The van der Waals surface area contributed by atoms with E-state index in [-0.39, 0.29) is 17.6 Å². The van der Waals surface area contributed by atoms with E-state index in [1.807, 2.05) is 30.3 Å². The molecule has 10 heteroatoms. The molecule has 0 aliphatic carbocycles. The van der Waals surface area contributed by atoms with Crippen LogP contribution in [0.25, 0.3) is 0 Å². The first-order chi connectivity index (χ1) is 14.8. The second-order valence-corrected chi connectivity index (χ2v) is 8.53. The van der Waals surface area contributed by atoms with E-state index in [0.717, 1.165) is 5.56 Å². The highest BCUT2D eigenvalue weighted by molar-refractivity contribution is 7.99. The summed E-state index contributed by atoms with van der Waals surface area (Å²) < 4.78 is 1.76. The number of carbonyl (C=O) groups is 2. The predicted octanol–water partition coefficient (Wildman–Crippen LogP) is 4.02. The first-order valence-corrected chi connectivity index (χ1v) is 11.2. The molecular weight excluding hydrogens is 457 g/mol. The first kappa shape index (κ1) is 23.1. The Balaban J connectivity index is 1.54. The van der Waals surface area contributed by atoms with Crippen molar-refractivity contribution < 1.29 is 9.59 Å². The second-order valence-electron chi connectivity index (χ2n) is 6.77. The molecule has 0 aliphatic heterocycles. The maximum absolute atomic E-state index is 12.5. The van der Waals surface area contributed by atoms with Crippen LogP contribution in [0.3, 0.4) is 0 Å². The zero-order valence-corrected chi connectivity index (χ0v) is 19.3. The molecule has 0 radical (unpaired) electrons. The molecule has 31 heavy (non-hydrogen) atoms. The normalized spacial score (nSPS) is 11.7. The van der Waals surface area contributed by atoms with Crippen LogP contribution >= 0.6 is 35.0 Å². The van der Waals surface area contributed by atoms with Crippen LogP contribution < -0.4 is 10.6 Å². The maximum atomic E-state index is 12.5. The Labute approximate surface area is 194 Å². The van der Waals surface area contributed by atoms with Crippen molar-refractivity contribution in [3.63, 3.8) is 0 Å². The zero-order chi connectivity index (χ0) is 22.4. The Morgan fingerprint density at radius 2 is 1.84 bits per heavy atom. The van der Waals surface area contributed by atoms with E-state index in [9.17, 15) is 9.59 Å². The molecule has 0 unspecified atom stereocenters. The van der Waals surface area contributed by atoms with Gasteiger partial charge in [-0.25, -0.2) is 0 Å². The van der Waals surface area contributed by atoms with E-state index in [2.05, 4.69) is 20.8 Å². The molecule has 3 rings (SSSR count). The number of amides is 2. The summed E-state index contributed by atoms with van der Waals surface area (Å²) in [6.07, 6.45) is 0. The Hall–Kier alpha value is -2.55. The van der Waals surface area contributed by atoms with Crippen LogP contribution in [0.2, 0.25) is 10.0 Å². The molecule has 2 amide bonds. The summed E-state index contributed by atoms with van der Waals surface area (Å²) in [7, 11) is 1.79. The fourth-order valence-corrected chi connectivity index (χ4v) is 3.83. The number of rotatable bonds is 8. The molecule has 2 aromatic carbocycles. The summed E-state index contributed by atoms with van der Waals surface area (Å²) in [5.41, 5.74) is 1.43. The van der Waals surface area contributed by atoms with Crippen molar-refractivity contribution in [3.8, 4) is 0 Å². The van der Waals surface area contributed by atoms with Crippen LogP contribution in [-0.4, -0.2) is 32.3 Å². The van der Waals surface area contributed by atoms with Crippen LogP contribution in [0.1, 0.15) is 34.7 Å². The minimum Gasteiger partial charge on any atom is -0.351 e. The second kappa shape index (κ2) is 10.7. The molecule has 3 aromatic rings. The van der Waals surface area contributed by atoms with Crippen LogP contribution in [0.5, 0.6) is 0 Å². The van der Waals surface area contributed by atoms with Gasteiger partial charge < -0.3 is 15.2 Å². The van der Waals surface area contributed by atoms with Crippen LogP contribution in [-0.2, 0) is 18.4 Å². The van der Waals surface area contributed by atoms with Crippen LogP contribution in [0.4, 0.5) is 0 Å². The molecule has 162 valence electrons. The Bertz CT molecular complexity index is 1070. The van der Waals surface area contributed by atoms with Crippen molar-refractivity contribution in [2.45, 2.75) is 24.7 Å². The zero-order valence-electron chi connectivity index (χ0n) is 16.9. The Morgan fingerprint density at radius 3 is 2.55 bits per heavy atom. The Morgan fingerprint density at radius 1 is 1.10 bits per heavy atom. The van der Waals surface area contributed by atoms with Gasteiger partial charge in [-0.2, -0.15) is 0 Å². The SMILES string of the molecule is C[C@H](NC(=O)c1ccc(Cl)c(Cl)c1)c1nnc(SCC(=O)NCc2ccccc2)n1C. The average Bonchev–Trinajstić information content (AvgIpc) is 3.13. The summed E-state index contributed by atoms with van der Waals surface area (Å²) in [6.45, 7) is 2.28. The highest BCUT2D eigenvalue weighted by Crippen LogP contribution is 2.23. The van der Waals surface area contributed by atoms with E-state index in [4.69, 9.17) is 23.2 Å². The topological polar surface area (TPSA) is 88.9 Å². The number of nitrogens with zero attached hydrogens (tertiary/aromatic N) is 3. The Kier molecular flexibility index (Phi) is 7.95.